The summed E-state index contributed by atoms with van der Waals surface area (Å²) < 4.78 is 30.7. The predicted molar refractivity (Wildman–Crippen MR) is 47.8 cm³/mol. The number of hydrogen-bond donors (Lipinski definition) is 1. The first-order chi connectivity index (χ1) is 6.96. The minimum absolute atomic E-state index is 0.0463. The molecule has 0 aromatic rings. The molecular formula is C10H14F2O3. The fourth-order valence-electron chi connectivity index (χ4n) is 2.16. The van der Waals surface area contributed by atoms with Crippen LogP contribution in [0.1, 0.15) is 32.1 Å². The summed E-state index contributed by atoms with van der Waals surface area (Å²) >= 11 is 0. The Labute approximate surface area is 86.4 Å². The van der Waals surface area contributed by atoms with Crippen molar-refractivity contribution in [3.63, 3.8) is 0 Å². The fraction of sp³-hybridized carbons (Fsp3) is 0.900. The molecule has 0 aromatic heterocycles. The molecule has 5 heteroatoms. The van der Waals surface area contributed by atoms with Crippen LogP contribution in [0, 0.1) is 5.92 Å². The second kappa shape index (κ2) is 3.40. The highest BCUT2D eigenvalue weighted by Crippen LogP contribution is 2.53. The van der Waals surface area contributed by atoms with Crippen molar-refractivity contribution in [2.45, 2.75) is 43.6 Å². The van der Waals surface area contributed by atoms with E-state index in [0.717, 1.165) is 12.8 Å². The van der Waals surface area contributed by atoms with Gasteiger partial charge in [0.2, 0.25) is 0 Å². The second-order valence-corrected chi connectivity index (χ2v) is 4.47. The molecule has 3 nitrogen and oxygen atoms in total. The van der Waals surface area contributed by atoms with Crippen molar-refractivity contribution in [2.24, 2.45) is 5.92 Å². The van der Waals surface area contributed by atoms with E-state index in [1.54, 1.807) is 0 Å². The Bertz CT molecular complexity index is 272. The van der Waals surface area contributed by atoms with Gasteiger partial charge in [0, 0.05) is 18.9 Å². The predicted octanol–water partition coefficient (Wildman–Crippen LogP) is 2.06. The van der Waals surface area contributed by atoms with E-state index >= 15 is 0 Å². The zero-order valence-electron chi connectivity index (χ0n) is 8.34. The number of carboxylic acid groups (broad SMARTS) is 1. The van der Waals surface area contributed by atoms with E-state index in [0.29, 0.717) is 13.0 Å². The summed E-state index contributed by atoms with van der Waals surface area (Å²) in [6, 6.07) is 0. The zero-order valence-corrected chi connectivity index (χ0v) is 8.34. The standard InChI is InChI=1S/C10H14F2O3/c11-10(12)6-7(10)5-9(8(13)14)3-1-2-4-15-9/h7H,1-6H2,(H,13,14). The van der Waals surface area contributed by atoms with E-state index in [9.17, 15) is 13.6 Å². The van der Waals surface area contributed by atoms with Gasteiger partial charge in [-0.1, -0.05) is 0 Å². The van der Waals surface area contributed by atoms with E-state index < -0.39 is 23.4 Å². The summed E-state index contributed by atoms with van der Waals surface area (Å²) in [5.41, 5.74) is -1.34. The van der Waals surface area contributed by atoms with Crippen molar-refractivity contribution in [1.82, 2.24) is 0 Å². The minimum Gasteiger partial charge on any atom is -0.479 e. The summed E-state index contributed by atoms with van der Waals surface area (Å²) in [6.07, 6.45) is 1.68. The van der Waals surface area contributed by atoms with Gasteiger partial charge in [0.05, 0.1) is 0 Å². The number of rotatable bonds is 3. The van der Waals surface area contributed by atoms with Crippen molar-refractivity contribution < 1.29 is 23.4 Å². The molecule has 1 aliphatic heterocycles. The van der Waals surface area contributed by atoms with Crippen molar-refractivity contribution in [2.75, 3.05) is 6.61 Å². The zero-order chi connectivity index (χ0) is 11.1. The summed E-state index contributed by atoms with van der Waals surface area (Å²) in [5, 5.41) is 9.07. The van der Waals surface area contributed by atoms with Gasteiger partial charge in [-0.25, -0.2) is 13.6 Å². The number of carboxylic acids is 1. The summed E-state index contributed by atoms with van der Waals surface area (Å²) in [5.74, 6) is -4.56. The molecule has 2 atom stereocenters. The second-order valence-electron chi connectivity index (χ2n) is 4.47. The Morgan fingerprint density at radius 2 is 2.13 bits per heavy atom. The lowest BCUT2D eigenvalue weighted by Gasteiger charge is -2.33. The molecule has 0 spiro atoms. The highest BCUT2D eigenvalue weighted by atomic mass is 19.3. The van der Waals surface area contributed by atoms with Crippen LogP contribution in [-0.4, -0.2) is 29.2 Å². The molecule has 1 saturated heterocycles. The Morgan fingerprint density at radius 3 is 2.53 bits per heavy atom. The molecule has 1 heterocycles. The van der Waals surface area contributed by atoms with Gasteiger partial charge in [0.25, 0.3) is 5.92 Å². The molecule has 2 fully saturated rings. The molecule has 15 heavy (non-hydrogen) atoms. The third-order valence-electron chi connectivity index (χ3n) is 3.27. The molecular weight excluding hydrogens is 206 g/mol. The third-order valence-corrected chi connectivity index (χ3v) is 3.27. The quantitative estimate of drug-likeness (QED) is 0.791. The first-order valence-corrected chi connectivity index (χ1v) is 5.21. The van der Waals surface area contributed by atoms with Gasteiger partial charge in [-0.15, -0.1) is 0 Å². The summed E-state index contributed by atoms with van der Waals surface area (Å²) in [6.45, 7) is 0.366. The monoisotopic (exact) mass is 220 g/mol. The molecule has 0 aromatic carbocycles. The van der Waals surface area contributed by atoms with Crippen LogP contribution in [-0.2, 0) is 9.53 Å². The topological polar surface area (TPSA) is 46.5 Å². The lowest BCUT2D eigenvalue weighted by molar-refractivity contribution is -0.175. The number of ether oxygens (including phenoxy) is 1. The minimum atomic E-state index is -2.66. The molecule has 2 aliphatic rings. The van der Waals surface area contributed by atoms with Crippen LogP contribution >= 0.6 is 0 Å². The highest BCUT2D eigenvalue weighted by molar-refractivity contribution is 5.77. The SMILES string of the molecule is O=C(O)C1(CC2CC2(F)F)CCCCO1. The molecule has 2 rings (SSSR count). The van der Waals surface area contributed by atoms with Gasteiger partial charge >= 0.3 is 5.97 Å². The van der Waals surface area contributed by atoms with Gasteiger partial charge in [0.1, 0.15) is 0 Å². The van der Waals surface area contributed by atoms with Crippen LogP contribution in [0.5, 0.6) is 0 Å². The van der Waals surface area contributed by atoms with Crippen LogP contribution in [0.4, 0.5) is 8.78 Å². The van der Waals surface area contributed by atoms with Gasteiger partial charge in [-0.2, -0.15) is 0 Å². The molecule has 0 bridgehead atoms. The van der Waals surface area contributed by atoms with Crippen LogP contribution < -0.4 is 0 Å². The van der Waals surface area contributed by atoms with Gasteiger partial charge in [0.15, 0.2) is 5.60 Å². The Balaban J connectivity index is 2.03. The fourth-order valence-corrected chi connectivity index (χ4v) is 2.16. The Hall–Kier alpha value is -0.710. The molecule has 1 N–H and O–H groups in total. The largest absolute Gasteiger partial charge is 0.479 e. The van der Waals surface area contributed by atoms with Crippen molar-refractivity contribution in [3.8, 4) is 0 Å². The molecule has 2 unspecified atom stereocenters. The highest BCUT2D eigenvalue weighted by Gasteiger charge is 2.61. The van der Waals surface area contributed by atoms with Crippen molar-refractivity contribution in [3.05, 3.63) is 0 Å². The Kier molecular flexibility index (Phi) is 2.45. The van der Waals surface area contributed by atoms with Crippen molar-refractivity contribution >= 4 is 5.97 Å². The van der Waals surface area contributed by atoms with E-state index in [1.165, 1.54) is 0 Å². The molecule has 0 radical (unpaired) electrons. The van der Waals surface area contributed by atoms with E-state index in [4.69, 9.17) is 9.84 Å². The normalized spacial score (nSPS) is 38.7. The first-order valence-electron chi connectivity index (χ1n) is 5.21. The van der Waals surface area contributed by atoms with Crippen LogP contribution in [0.2, 0.25) is 0 Å². The average Bonchev–Trinajstić information content (AvgIpc) is 2.74. The number of hydrogen-bond acceptors (Lipinski definition) is 2. The molecule has 1 saturated carbocycles. The molecule has 86 valence electrons. The lowest BCUT2D eigenvalue weighted by Crippen LogP contribution is -2.45. The number of aliphatic carboxylic acids is 1. The van der Waals surface area contributed by atoms with Gasteiger partial charge in [-0.05, 0) is 25.7 Å². The van der Waals surface area contributed by atoms with E-state index in [1.807, 2.05) is 0 Å². The first kappa shape index (κ1) is 10.8. The Morgan fingerprint density at radius 1 is 1.47 bits per heavy atom. The van der Waals surface area contributed by atoms with Crippen LogP contribution in [0.3, 0.4) is 0 Å². The average molecular weight is 220 g/mol. The number of alkyl halides is 2. The third kappa shape index (κ3) is 1.97. The molecule has 1 aliphatic carbocycles. The number of carbonyl (C=O) groups is 1. The van der Waals surface area contributed by atoms with Gasteiger partial charge in [-0.3, -0.25) is 0 Å². The van der Waals surface area contributed by atoms with Crippen molar-refractivity contribution in [1.29, 1.82) is 0 Å². The lowest BCUT2D eigenvalue weighted by atomic mass is 9.88. The van der Waals surface area contributed by atoms with Gasteiger partial charge < -0.3 is 9.84 Å². The number of halogens is 2. The summed E-state index contributed by atoms with van der Waals surface area (Å²) in [4.78, 5) is 11.1. The summed E-state index contributed by atoms with van der Waals surface area (Å²) in [7, 11) is 0. The maximum Gasteiger partial charge on any atom is 0.335 e. The van der Waals surface area contributed by atoms with E-state index in [2.05, 4.69) is 0 Å². The van der Waals surface area contributed by atoms with Crippen LogP contribution in [0.15, 0.2) is 0 Å². The smallest absolute Gasteiger partial charge is 0.335 e. The maximum absolute atomic E-state index is 12.7. The molecule has 0 amide bonds. The van der Waals surface area contributed by atoms with E-state index in [-0.39, 0.29) is 12.8 Å². The maximum atomic E-state index is 12.7. The van der Waals surface area contributed by atoms with Crippen LogP contribution in [0.25, 0.3) is 0 Å².